The van der Waals surface area contributed by atoms with Gasteiger partial charge < -0.3 is 15.5 Å². The topological polar surface area (TPSA) is 94.6 Å². The van der Waals surface area contributed by atoms with Crippen LogP contribution in [0.1, 0.15) is 109 Å². The van der Waals surface area contributed by atoms with Crippen LogP contribution in [-0.4, -0.2) is 79.1 Å². The van der Waals surface area contributed by atoms with Gasteiger partial charge in [0, 0.05) is 57.7 Å². The molecule has 3 rings (SSSR count). The summed E-state index contributed by atoms with van der Waals surface area (Å²) in [6, 6.07) is 9.49. The van der Waals surface area contributed by atoms with Gasteiger partial charge in [-0.05, 0) is 45.1 Å². The predicted octanol–water partition coefficient (Wildman–Crippen LogP) is 7.58. The van der Waals surface area contributed by atoms with E-state index in [4.69, 9.17) is 6.42 Å². The Morgan fingerprint density at radius 2 is 1.78 bits per heavy atom. The number of thiazole rings is 1. The summed E-state index contributed by atoms with van der Waals surface area (Å²) in [4.78, 5) is 45.2. The molecule has 1 aliphatic rings. The summed E-state index contributed by atoms with van der Waals surface area (Å²) in [6.45, 7) is 7.31. The van der Waals surface area contributed by atoms with Gasteiger partial charge in [-0.1, -0.05) is 94.7 Å². The number of unbranched alkanes of at least 4 members (excludes halogenated alkanes) is 2. The minimum absolute atomic E-state index is 0.0168. The van der Waals surface area contributed by atoms with E-state index in [0.717, 1.165) is 50.1 Å². The van der Waals surface area contributed by atoms with Gasteiger partial charge in [0.2, 0.25) is 17.7 Å². The lowest BCUT2D eigenvalue weighted by atomic mass is 9.91. The molecule has 8 nitrogen and oxygen atoms in total. The summed E-state index contributed by atoms with van der Waals surface area (Å²) in [6.07, 6.45) is 18.8. The third-order valence-electron chi connectivity index (χ3n) is 8.84. The molecule has 1 heterocycles. The van der Waals surface area contributed by atoms with Gasteiger partial charge in [-0.2, -0.15) is 0 Å². The molecular weight excluding hydrogens is 650 g/mol. The fourth-order valence-electron chi connectivity index (χ4n) is 5.57. The van der Waals surface area contributed by atoms with Crippen molar-refractivity contribution < 1.29 is 18.8 Å². The highest BCUT2D eigenvalue weighted by Crippen LogP contribution is 2.22. The second-order valence-electron chi connectivity index (χ2n) is 13.6. The molecule has 0 radical (unpaired) electrons. The summed E-state index contributed by atoms with van der Waals surface area (Å²) < 4.78 is 12.6. The van der Waals surface area contributed by atoms with Gasteiger partial charge in [-0.25, -0.2) is 9.37 Å². The number of terminal acetylenes is 1. The first-order valence-electron chi connectivity index (χ1n) is 18.5. The first-order chi connectivity index (χ1) is 24.1. The van der Waals surface area contributed by atoms with Crippen LogP contribution in [0.4, 0.5) is 4.39 Å². The molecule has 2 aromatic rings. The number of amides is 3. The third kappa shape index (κ3) is 22.4. The molecule has 2 atom stereocenters. The molecule has 280 valence electrons. The quantitative estimate of drug-likeness (QED) is 0.0890. The predicted molar refractivity (Wildman–Crippen MR) is 205 cm³/mol. The number of benzene rings is 1. The lowest BCUT2D eigenvalue weighted by Gasteiger charge is -2.22. The van der Waals surface area contributed by atoms with Crippen molar-refractivity contribution in [3.63, 3.8) is 0 Å². The number of aromatic nitrogens is 1. The number of likely N-dealkylation sites (N-methyl/N-ethyl adjacent to an activating group) is 2. The zero-order valence-electron chi connectivity index (χ0n) is 31.4. The maximum atomic E-state index is 13.0. The summed E-state index contributed by atoms with van der Waals surface area (Å²) in [7, 11) is 3.26. The van der Waals surface area contributed by atoms with Crippen molar-refractivity contribution in [3.8, 4) is 12.3 Å². The fraction of sp³-hybridized carbons (Fsp3) is 0.650. The van der Waals surface area contributed by atoms with Crippen LogP contribution >= 0.6 is 11.3 Å². The Balaban J connectivity index is 0.000000724. The van der Waals surface area contributed by atoms with E-state index in [1.165, 1.54) is 58.8 Å². The molecule has 1 aromatic heterocycles. The van der Waals surface area contributed by atoms with Crippen LogP contribution in [0.3, 0.4) is 0 Å². The number of carbonyl (C=O) groups excluding carboxylic acids is 3. The van der Waals surface area contributed by atoms with Gasteiger partial charge >= 0.3 is 0 Å². The number of halogens is 1. The Labute approximate surface area is 306 Å². The van der Waals surface area contributed by atoms with Crippen molar-refractivity contribution in [1.29, 1.82) is 0 Å². The average molecular weight is 714 g/mol. The fourth-order valence-corrected chi connectivity index (χ4v) is 6.14. The van der Waals surface area contributed by atoms with E-state index in [1.807, 2.05) is 23.6 Å². The lowest BCUT2D eigenvalue weighted by Crippen LogP contribution is -2.49. The number of alkyl halides is 1. The van der Waals surface area contributed by atoms with Gasteiger partial charge in [-0.3, -0.25) is 19.3 Å². The lowest BCUT2D eigenvalue weighted by molar-refractivity contribution is -0.133. The molecule has 0 spiro atoms. The summed E-state index contributed by atoms with van der Waals surface area (Å²) >= 11 is 1.43. The van der Waals surface area contributed by atoms with E-state index in [-0.39, 0.29) is 37.0 Å². The Bertz CT molecular complexity index is 1200. The van der Waals surface area contributed by atoms with Crippen LogP contribution in [0.25, 0.3) is 0 Å². The van der Waals surface area contributed by atoms with Gasteiger partial charge in [-0.15, -0.1) is 23.7 Å². The van der Waals surface area contributed by atoms with Gasteiger partial charge in [0.05, 0.1) is 11.2 Å². The zero-order valence-corrected chi connectivity index (χ0v) is 32.2. The Morgan fingerprint density at radius 1 is 1.06 bits per heavy atom. The van der Waals surface area contributed by atoms with Crippen molar-refractivity contribution in [2.45, 2.75) is 117 Å². The number of hydrogen-bond acceptors (Lipinski definition) is 6. The van der Waals surface area contributed by atoms with Crippen molar-refractivity contribution in [3.05, 3.63) is 52.5 Å². The molecule has 2 unspecified atom stereocenters. The van der Waals surface area contributed by atoms with E-state index in [0.29, 0.717) is 25.6 Å². The summed E-state index contributed by atoms with van der Waals surface area (Å²) in [5.74, 6) is 3.23. The van der Waals surface area contributed by atoms with Crippen LogP contribution < -0.4 is 10.6 Å². The number of aryl methyl sites for hydroxylation is 1. The first kappa shape index (κ1) is 44.7. The molecule has 10 heteroatoms. The number of carbonyl (C=O) groups is 3. The minimum Gasteiger partial charge on any atom is -0.354 e. The van der Waals surface area contributed by atoms with Crippen molar-refractivity contribution in [2.24, 2.45) is 11.8 Å². The Hall–Kier alpha value is -3.29. The van der Waals surface area contributed by atoms with Crippen molar-refractivity contribution in [2.75, 3.05) is 40.5 Å². The standard InChI is InChI=1S/C26H42FN5O3S.C7H14.C7H8/c1-5-7-8-9-11-21(10-6-2)17-28-26(35)23(16-22-18-36-20-29-22)30-24(33)12-13-25(34)32(4)15-14-31(3)19-27;2*1-7-5-3-2-4-6-7/h1,18,20-21,23H,6-17,19H2,2-4H3,(H,28,35)(H,30,33);7H,2-6H2,1H3;2-6H,1H3. The smallest absolute Gasteiger partial charge is 0.242 e. The van der Waals surface area contributed by atoms with Crippen LogP contribution in [0, 0.1) is 31.1 Å². The first-order valence-corrected chi connectivity index (χ1v) is 19.4. The average Bonchev–Trinajstić information content (AvgIpc) is 3.64. The highest BCUT2D eigenvalue weighted by molar-refractivity contribution is 7.07. The highest BCUT2D eigenvalue weighted by atomic mass is 32.1. The van der Waals surface area contributed by atoms with Crippen LogP contribution in [0.15, 0.2) is 41.2 Å². The molecular formula is C40H64FN5O3S. The van der Waals surface area contributed by atoms with E-state index in [1.54, 1.807) is 19.6 Å². The Kier molecular flexibility index (Phi) is 25.4. The maximum Gasteiger partial charge on any atom is 0.242 e. The third-order valence-corrected chi connectivity index (χ3v) is 9.48. The second-order valence-corrected chi connectivity index (χ2v) is 14.3. The number of nitrogens with zero attached hydrogens (tertiary/aromatic N) is 3. The number of nitrogens with one attached hydrogen (secondary N) is 2. The van der Waals surface area contributed by atoms with Crippen molar-refractivity contribution >= 4 is 29.1 Å². The molecule has 1 fully saturated rings. The zero-order chi connectivity index (χ0) is 37.0. The number of hydrogen-bond donors (Lipinski definition) is 2. The monoisotopic (exact) mass is 713 g/mol. The maximum absolute atomic E-state index is 13.0. The van der Waals surface area contributed by atoms with Gasteiger partial charge in [0.1, 0.15) is 12.8 Å². The Morgan fingerprint density at radius 3 is 2.32 bits per heavy atom. The summed E-state index contributed by atoms with van der Waals surface area (Å²) in [5, 5.41) is 7.65. The molecule has 1 saturated carbocycles. The van der Waals surface area contributed by atoms with Crippen LogP contribution in [0.2, 0.25) is 0 Å². The molecule has 1 aromatic carbocycles. The van der Waals surface area contributed by atoms with Crippen LogP contribution in [-0.2, 0) is 20.8 Å². The molecule has 0 aliphatic heterocycles. The van der Waals surface area contributed by atoms with Gasteiger partial charge in [0.15, 0.2) is 0 Å². The van der Waals surface area contributed by atoms with Gasteiger partial charge in [0.25, 0.3) is 0 Å². The molecule has 0 bridgehead atoms. The molecule has 0 saturated heterocycles. The summed E-state index contributed by atoms with van der Waals surface area (Å²) in [5.41, 5.74) is 3.74. The highest BCUT2D eigenvalue weighted by Gasteiger charge is 2.23. The molecule has 50 heavy (non-hydrogen) atoms. The number of rotatable bonds is 19. The van der Waals surface area contributed by atoms with Crippen molar-refractivity contribution in [1.82, 2.24) is 25.4 Å². The molecule has 1 aliphatic carbocycles. The van der Waals surface area contributed by atoms with E-state index in [9.17, 15) is 18.8 Å². The van der Waals surface area contributed by atoms with Crippen LogP contribution in [0.5, 0.6) is 0 Å². The normalized spacial score (nSPS) is 13.8. The molecule has 3 amide bonds. The van der Waals surface area contributed by atoms with E-state index in [2.05, 4.69) is 54.4 Å². The van der Waals surface area contributed by atoms with E-state index < -0.39 is 12.8 Å². The largest absolute Gasteiger partial charge is 0.354 e. The molecule has 2 N–H and O–H groups in total. The minimum atomic E-state index is -0.769. The second kappa shape index (κ2) is 28.4. The van der Waals surface area contributed by atoms with E-state index >= 15 is 0 Å². The SMILES string of the molecule is C#CCCCCC(CCC)CNC(=O)C(Cc1cscn1)NC(=O)CCC(=O)N(C)CCN(C)CF.CC1CCCCC1.Cc1ccccc1.